The number of halogens is 1. The first kappa shape index (κ1) is 15.9. The minimum atomic E-state index is 0.0740. The number of thiazole rings is 1. The summed E-state index contributed by atoms with van der Waals surface area (Å²) in [6.07, 6.45) is 15.7. The lowest BCUT2D eigenvalue weighted by molar-refractivity contribution is -0.129. The number of hydrogen-bond acceptors (Lipinski definition) is 3. The Morgan fingerprint density at radius 3 is 3.12 bits per heavy atom. The van der Waals surface area contributed by atoms with E-state index in [1.54, 1.807) is 12.2 Å². The highest BCUT2D eigenvalue weighted by molar-refractivity contribution is 7.15. The largest absolute Gasteiger partial charge is 0.339 e. The van der Waals surface area contributed by atoms with E-state index < -0.39 is 0 Å². The number of carbonyl (C=O) groups excluding carboxylic acids is 1. The summed E-state index contributed by atoms with van der Waals surface area (Å²) in [5, 5.41) is 2.40. The lowest BCUT2D eigenvalue weighted by Crippen LogP contribution is -2.45. The van der Waals surface area contributed by atoms with Crippen LogP contribution in [0.3, 0.4) is 0 Å². The van der Waals surface area contributed by atoms with Gasteiger partial charge in [-0.25, -0.2) is 4.98 Å². The lowest BCUT2D eigenvalue weighted by Gasteiger charge is -2.43. The van der Waals surface area contributed by atoms with Crippen LogP contribution in [0, 0.1) is 5.41 Å². The number of hydrogen-bond donors (Lipinski definition) is 0. The van der Waals surface area contributed by atoms with E-state index in [0.717, 1.165) is 43.0 Å². The van der Waals surface area contributed by atoms with Gasteiger partial charge in [0.05, 0.1) is 5.69 Å². The van der Waals surface area contributed by atoms with Crippen molar-refractivity contribution in [3.05, 3.63) is 40.7 Å². The summed E-state index contributed by atoms with van der Waals surface area (Å²) in [6, 6.07) is 0. The molecule has 2 aliphatic rings. The van der Waals surface area contributed by atoms with Crippen molar-refractivity contribution in [2.24, 2.45) is 5.41 Å². The van der Waals surface area contributed by atoms with E-state index in [9.17, 15) is 4.79 Å². The Bertz CT molecular complexity index is 821. The van der Waals surface area contributed by atoms with Gasteiger partial charge in [0, 0.05) is 30.7 Å². The molecule has 1 aliphatic carbocycles. The highest BCUT2D eigenvalue weighted by Gasteiger charge is 2.36. The standard InChI is InChI=1S/C18H20ClN3OS/c19-16-14(22-11-12-24-17(22)20-16)5-6-15(23)21-10-4-9-18(13-21)7-2-1-3-8-18/h1-2,5-6,11-12H,3-4,7-10,13H2/b6-5+. The number of rotatable bonds is 2. The SMILES string of the molecule is O=C(/C=C/c1c(Cl)nc2sccn12)N1CCCC2(CC=CCC2)C1. The van der Waals surface area contributed by atoms with Gasteiger partial charge in [-0.3, -0.25) is 9.20 Å². The summed E-state index contributed by atoms with van der Waals surface area (Å²) in [5.41, 5.74) is 1.07. The fourth-order valence-electron chi connectivity index (χ4n) is 3.89. The highest BCUT2D eigenvalue weighted by Crippen LogP contribution is 2.40. The van der Waals surface area contributed by atoms with Crippen LogP contribution < -0.4 is 0 Å². The van der Waals surface area contributed by atoms with Gasteiger partial charge in [0.1, 0.15) is 0 Å². The minimum absolute atomic E-state index is 0.0740. The third-order valence-corrected chi connectivity index (χ3v) is 6.20. The minimum Gasteiger partial charge on any atom is -0.339 e. The Hall–Kier alpha value is -1.59. The highest BCUT2D eigenvalue weighted by atomic mass is 35.5. The number of nitrogens with zero attached hydrogens (tertiary/aromatic N) is 3. The maximum absolute atomic E-state index is 12.7. The molecule has 0 bridgehead atoms. The van der Waals surface area contributed by atoms with E-state index in [-0.39, 0.29) is 5.91 Å². The van der Waals surface area contributed by atoms with Crippen molar-refractivity contribution < 1.29 is 4.79 Å². The zero-order chi connectivity index (χ0) is 16.6. The van der Waals surface area contributed by atoms with E-state index in [4.69, 9.17) is 11.6 Å². The first-order chi connectivity index (χ1) is 11.7. The van der Waals surface area contributed by atoms with Crippen LogP contribution in [0.4, 0.5) is 0 Å². The summed E-state index contributed by atoms with van der Waals surface area (Å²) >= 11 is 7.72. The zero-order valence-corrected chi connectivity index (χ0v) is 15.0. The van der Waals surface area contributed by atoms with Crippen LogP contribution in [0.15, 0.2) is 29.8 Å². The molecule has 0 radical (unpaired) electrons. The van der Waals surface area contributed by atoms with Crippen molar-refractivity contribution in [2.45, 2.75) is 32.1 Å². The van der Waals surface area contributed by atoms with Crippen molar-refractivity contribution in [3.8, 4) is 0 Å². The second kappa shape index (κ2) is 6.37. The molecule has 1 fully saturated rings. The van der Waals surface area contributed by atoms with Crippen LogP contribution in [0.2, 0.25) is 5.15 Å². The van der Waals surface area contributed by atoms with E-state index in [2.05, 4.69) is 17.1 Å². The number of carbonyl (C=O) groups is 1. The number of imidazole rings is 1. The van der Waals surface area contributed by atoms with E-state index in [1.807, 2.05) is 20.9 Å². The monoisotopic (exact) mass is 361 g/mol. The Morgan fingerprint density at radius 2 is 2.29 bits per heavy atom. The molecule has 0 N–H and O–H groups in total. The number of allylic oxidation sites excluding steroid dienone is 2. The molecule has 3 heterocycles. The van der Waals surface area contributed by atoms with Crippen LogP contribution in [0.25, 0.3) is 11.0 Å². The van der Waals surface area contributed by atoms with Gasteiger partial charge >= 0.3 is 0 Å². The Balaban J connectivity index is 1.50. The molecule has 2 aromatic rings. The maximum atomic E-state index is 12.7. The Kier molecular flexibility index (Phi) is 4.22. The molecule has 1 atom stereocenters. The van der Waals surface area contributed by atoms with Crippen molar-refractivity contribution >= 4 is 39.9 Å². The molecule has 0 aromatic carbocycles. The predicted octanol–water partition coefficient (Wildman–Crippen LogP) is 4.41. The maximum Gasteiger partial charge on any atom is 0.246 e. The van der Waals surface area contributed by atoms with Gasteiger partial charge in [-0.15, -0.1) is 11.3 Å². The Morgan fingerprint density at radius 1 is 1.38 bits per heavy atom. The second-order valence-corrected chi connectivity index (χ2v) is 7.99. The molecular formula is C18H20ClN3OS. The van der Waals surface area contributed by atoms with Gasteiger partial charge < -0.3 is 4.90 Å². The average molecular weight is 362 g/mol. The van der Waals surface area contributed by atoms with Crippen molar-refractivity contribution in [2.75, 3.05) is 13.1 Å². The van der Waals surface area contributed by atoms with Crippen molar-refractivity contribution in [1.29, 1.82) is 0 Å². The molecule has 6 heteroatoms. The van der Waals surface area contributed by atoms with E-state index >= 15 is 0 Å². The Labute approximate surface area is 150 Å². The molecule has 24 heavy (non-hydrogen) atoms. The third kappa shape index (κ3) is 2.91. The molecule has 1 unspecified atom stereocenters. The van der Waals surface area contributed by atoms with Crippen LogP contribution in [-0.4, -0.2) is 33.3 Å². The van der Waals surface area contributed by atoms with Crippen molar-refractivity contribution in [1.82, 2.24) is 14.3 Å². The number of fused-ring (bicyclic) bond motifs is 1. The number of likely N-dealkylation sites (tertiary alicyclic amines) is 1. The smallest absolute Gasteiger partial charge is 0.246 e. The predicted molar refractivity (Wildman–Crippen MR) is 98.4 cm³/mol. The first-order valence-corrected chi connectivity index (χ1v) is 9.66. The normalized spacial score (nSPS) is 24.5. The van der Waals surface area contributed by atoms with Gasteiger partial charge in [-0.05, 0) is 43.6 Å². The fraction of sp³-hybridized carbons (Fsp3) is 0.444. The fourth-order valence-corrected chi connectivity index (χ4v) is 4.90. The molecule has 4 nitrogen and oxygen atoms in total. The van der Waals surface area contributed by atoms with Gasteiger partial charge in [0.2, 0.25) is 5.91 Å². The molecule has 1 spiro atoms. The van der Waals surface area contributed by atoms with Crippen LogP contribution in [0.1, 0.15) is 37.8 Å². The molecule has 1 amide bonds. The summed E-state index contributed by atoms with van der Waals surface area (Å²) in [6.45, 7) is 1.72. The molecule has 0 saturated carbocycles. The number of amides is 1. The van der Waals surface area contributed by atoms with E-state index in [0.29, 0.717) is 10.6 Å². The summed E-state index contributed by atoms with van der Waals surface area (Å²) in [7, 11) is 0. The number of aromatic nitrogens is 2. The third-order valence-electron chi connectivity index (χ3n) is 5.17. The zero-order valence-electron chi connectivity index (χ0n) is 13.4. The molecule has 1 saturated heterocycles. The molecule has 2 aromatic heterocycles. The number of piperidine rings is 1. The molecule has 126 valence electrons. The quantitative estimate of drug-likeness (QED) is 0.587. The van der Waals surface area contributed by atoms with Crippen LogP contribution in [0.5, 0.6) is 0 Å². The summed E-state index contributed by atoms with van der Waals surface area (Å²) < 4.78 is 1.92. The van der Waals surface area contributed by atoms with Gasteiger partial charge in [-0.1, -0.05) is 23.8 Å². The second-order valence-electron chi connectivity index (χ2n) is 6.75. The van der Waals surface area contributed by atoms with Crippen LogP contribution >= 0.6 is 22.9 Å². The molecule has 1 aliphatic heterocycles. The molecule has 4 rings (SSSR count). The molecular weight excluding hydrogens is 342 g/mol. The van der Waals surface area contributed by atoms with E-state index in [1.165, 1.54) is 24.2 Å². The van der Waals surface area contributed by atoms with Gasteiger partial charge in [-0.2, -0.15) is 0 Å². The van der Waals surface area contributed by atoms with Crippen molar-refractivity contribution in [3.63, 3.8) is 0 Å². The van der Waals surface area contributed by atoms with Gasteiger partial charge in [0.15, 0.2) is 10.1 Å². The average Bonchev–Trinajstić information content (AvgIpc) is 3.14. The lowest BCUT2D eigenvalue weighted by atomic mass is 9.71. The summed E-state index contributed by atoms with van der Waals surface area (Å²) in [5.74, 6) is 0.0740. The first-order valence-electron chi connectivity index (χ1n) is 8.40. The summed E-state index contributed by atoms with van der Waals surface area (Å²) in [4.78, 5) is 19.8. The van der Waals surface area contributed by atoms with Gasteiger partial charge in [0.25, 0.3) is 0 Å². The topological polar surface area (TPSA) is 37.6 Å². The van der Waals surface area contributed by atoms with Crippen LogP contribution in [-0.2, 0) is 4.79 Å².